The molecule has 0 spiro atoms. The molecule has 6 nitrogen and oxygen atoms in total. The minimum absolute atomic E-state index is 0.0832. The molecule has 1 heterocycles. The zero-order valence-electron chi connectivity index (χ0n) is 9.14. The monoisotopic (exact) mass is 229 g/mol. The number of carbonyl (C=O) groups excluding carboxylic acids is 2. The van der Waals surface area contributed by atoms with E-state index in [1.54, 1.807) is 0 Å². The quantitative estimate of drug-likeness (QED) is 0.727. The number of rotatable bonds is 4. The molecule has 1 unspecified atom stereocenters. The van der Waals surface area contributed by atoms with Crippen molar-refractivity contribution in [1.29, 1.82) is 0 Å². The highest BCUT2D eigenvalue weighted by Crippen LogP contribution is 2.19. The van der Waals surface area contributed by atoms with Gasteiger partial charge in [-0.3, -0.25) is 4.79 Å². The van der Waals surface area contributed by atoms with E-state index in [9.17, 15) is 14.4 Å². The molecule has 0 aromatic heterocycles. The molecule has 1 aliphatic rings. The maximum Gasteiger partial charge on any atom is 0.417 e. The molecule has 0 radical (unpaired) electrons. The number of carboxylic acids is 1. The Balaban J connectivity index is 2.57. The summed E-state index contributed by atoms with van der Waals surface area (Å²) in [7, 11) is 0. The highest BCUT2D eigenvalue weighted by Gasteiger charge is 2.41. The van der Waals surface area contributed by atoms with Crippen LogP contribution in [0.1, 0.15) is 32.6 Å². The van der Waals surface area contributed by atoms with Crippen LogP contribution in [-0.2, 0) is 14.3 Å². The van der Waals surface area contributed by atoms with E-state index in [1.807, 2.05) is 6.92 Å². The van der Waals surface area contributed by atoms with Crippen LogP contribution in [0, 0.1) is 0 Å². The first-order chi connectivity index (χ1) is 7.57. The predicted octanol–water partition coefficient (Wildman–Crippen LogP) is 0.999. The van der Waals surface area contributed by atoms with Crippen molar-refractivity contribution in [3.63, 3.8) is 0 Å². The van der Waals surface area contributed by atoms with Gasteiger partial charge in [-0.05, 0) is 12.8 Å². The average molecular weight is 229 g/mol. The fourth-order valence-corrected chi connectivity index (χ4v) is 1.52. The summed E-state index contributed by atoms with van der Waals surface area (Å²) < 4.78 is 4.82. The van der Waals surface area contributed by atoms with Gasteiger partial charge in [0.25, 0.3) is 0 Å². The number of hydrogen-bond acceptors (Lipinski definition) is 4. The molecule has 0 aliphatic carbocycles. The van der Waals surface area contributed by atoms with Crippen molar-refractivity contribution in [2.75, 3.05) is 6.61 Å². The lowest BCUT2D eigenvalue weighted by Crippen LogP contribution is -2.43. The molecule has 1 N–H and O–H groups in total. The molecule has 1 rings (SSSR count). The van der Waals surface area contributed by atoms with Gasteiger partial charge in [-0.1, -0.05) is 13.3 Å². The number of nitrogens with zero attached hydrogens (tertiary/aromatic N) is 1. The third kappa shape index (κ3) is 2.71. The summed E-state index contributed by atoms with van der Waals surface area (Å²) in [6, 6.07) is -1.07. The van der Waals surface area contributed by atoms with Crippen molar-refractivity contribution >= 4 is 18.0 Å². The minimum Gasteiger partial charge on any atom is -0.480 e. The van der Waals surface area contributed by atoms with E-state index in [1.165, 1.54) is 0 Å². The Kier molecular flexibility index (Phi) is 4.28. The second kappa shape index (κ2) is 5.48. The Hall–Kier alpha value is -1.59. The second-order valence-corrected chi connectivity index (χ2v) is 3.62. The maximum absolute atomic E-state index is 11.5. The largest absolute Gasteiger partial charge is 0.480 e. The zero-order chi connectivity index (χ0) is 12.1. The Morgan fingerprint density at radius 2 is 2.25 bits per heavy atom. The summed E-state index contributed by atoms with van der Waals surface area (Å²) in [5, 5.41) is 8.82. The van der Waals surface area contributed by atoms with E-state index in [0.717, 1.165) is 6.42 Å². The molecule has 1 atom stereocenters. The number of hydrogen-bond donors (Lipinski definition) is 1. The van der Waals surface area contributed by atoms with Crippen LogP contribution in [-0.4, -0.2) is 40.6 Å². The Morgan fingerprint density at radius 1 is 1.56 bits per heavy atom. The number of carbonyl (C=O) groups is 3. The van der Waals surface area contributed by atoms with Gasteiger partial charge in [-0.2, -0.15) is 0 Å². The lowest BCUT2D eigenvalue weighted by Gasteiger charge is -2.18. The first kappa shape index (κ1) is 12.5. The van der Waals surface area contributed by atoms with E-state index in [-0.39, 0.29) is 19.4 Å². The van der Waals surface area contributed by atoms with E-state index in [2.05, 4.69) is 0 Å². The molecular formula is C10H15NO5. The van der Waals surface area contributed by atoms with Crippen LogP contribution in [0.5, 0.6) is 0 Å². The van der Waals surface area contributed by atoms with Gasteiger partial charge in [0.1, 0.15) is 6.04 Å². The van der Waals surface area contributed by atoms with Crippen LogP contribution in [0.3, 0.4) is 0 Å². The fraction of sp³-hybridized carbons (Fsp3) is 0.700. The van der Waals surface area contributed by atoms with Crippen LogP contribution < -0.4 is 0 Å². The molecule has 0 bridgehead atoms. The third-order valence-corrected chi connectivity index (χ3v) is 2.42. The number of amides is 2. The molecule has 90 valence electrons. The van der Waals surface area contributed by atoms with Gasteiger partial charge in [-0.15, -0.1) is 0 Å². The number of likely N-dealkylation sites (tertiary alicyclic amines) is 1. The van der Waals surface area contributed by atoms with E-state index >= 15 is 0 Å². The summed E-state index contributed by atoms with van der Waals surface area (Å²) >= 11 is 0. The van der Waals surface area contributed by atoms with Crippen LogP contribution >= 0.6 is 0 Å². The van der Waals surface area contributed by atoms with Crippen LogP contribution in [0.4, 0.5) is 4.79 Å². The summed E-state index contributed by atoms with van der Waals surface area (Å²) in [5.74, 6) is -1.65. The molecule has 2 amide bonds. The standard InChI is InChI=1S/C10H15NO5/c1-2-3-6-16-10(15)11-7(9(13)14)4-5-8(11)12/h7H,2-6H2,1H3,(H,13,14). The molecule has 6 heteroatoms. The van der Waals surface area contributed by atoms with Gasteiger partial charge in [0, 0.05) is 6.42 Å². The molecule has 0 aromatic rings. The topological polar surface area (TPSA) is 83.9 Å². The number of aliphatic carboxylic acids is 1. The highest BCUT2D eigenvalue weighted by atomic mass is 16.6. The molecule has 1 saturated heterocycles. The van der Waals surface area contributed by atoms with Crippen molar-refractivity contribution in [2.45, 2.75) is 38.6 Å². The van der Waals surface area contributed by atoms with Crippen LogP contribution in [0.15, 0.2) is 0 Å². The van der Waals surface area contributed by atoms with Crippen molar-refractivity contribution in [3.05, 3.63) is 0 Å². The first-order valence-corrected chi connectivity index (χ1v) is 5.29. The summed E-state index contributed by atoms with van der Waals surface area (Å²) in [4.78, 5) is 34.3. The SMILES string of the molecule is CCCCOC(=O)N1C(=O)CCC1C(=O)O. The van der Waals surface area contributed by atoms with Crippen LogP contribution in [0.2, 0.25) is 0 Å². The van der Waals surface area contributed by atoms with E-state index < -0.39 is 24.0 Å². The van der Waals surface area contributed by atoms with Gasteiger partial charge in [0.05, 0.1) is 6.61 Å². The molecule has 1 aliphatic heterocycles. The number of imide groups is 1. The number of carboxylic acid groups (broad SMARTS) is 1. The van der Waals surface area contributed by atoms with Gasteiger partial charge >= 0.3 is 12.1 Å². The fourth-order valence-electron chi connectivity index (χ4n) is 1.52. The van der Waals surface area contributed by atoms with Crippen molar-refractivity contribution in [1.82, 2.24) is 4.90 Å². The van der Waals surface area contributed by atoms with E-state index in [0.29, 0.717) is 11.3 Å². The second-order valence-electron chi connectivity index (χ2n) is 3.62. The third-order valence-electron chi connectivity index (χ3n) is 2.42. The molecule has 16 heavy (non-hydrogen) atoms. The number of unbranched alkanes of at least 4 members (excludes halogenated alkanes) is 1. The van der Waals surface area contributed by atoms with Crippen molar-refractivity contribution in [3.8, 4) is 0 Å². The summed E-state index contributed by atoms with van der Waals surface area (Å²) in [5.41, 5.74) is 0. The normalized spacial score (nSPS) is 19.9. The van der Waals surface area contributed by atoms with E-state index in [4.69, 9.17) is 9.84 Å². The molecule has 0 saturated carbocycles. The summed E-state index contributed by atoms with van der Waals surface area (Å²) in [6.45, 7) is 2.15. The highest BCUT2D eigenvalue weighted by molar-refractivity contribution is 5.99. The zero-order valence-corrected chi connectivity index (χ0v) is 9.14. The Bertz CT molecular complexity index is 302. The Labute approximate surface area is 93.2 Å². The average Bonchev–Trinajstić information content (AvgIpc) is 2.60. The van der Waals surface area contributed by atoms with Crippen molar-refractivity contribution < 1.29 is 24.2 Å². The smallest absolute Gasteiger partial charge is 0.417 e. The molecular weight excluding hydrogens is 214 g/mol. The van der Waals surface area contributed by atoms with Crippen molar-refractivity contribution in [2.24, 2.45) is 0 Å². The van der Waals surface area contributed by atoms with Gasteiger partial charge in [-0.25, -0.2) is 14.5 Å². The summed E-state index contributed by atoms with van der Waals surface area (Å²) in [6.07, 6.45) is 0.967. The van der Waals surface area contributed by atoms with Gasteiger partial charge < -0.3 is 9.84 Å². The lowest BCUT2D eigenvalue weighted by molar-refractivity contribution is -0.145. The minimum atomic E-state index is -1.17. The first-order valence-electron chi connectivity index (χ1n) is 5.29. The lowest BCUT2D eigenvalue weighted by atomic mass is 10.2. The molecule has 1 fully saturated rings. The Morgan fingerprint density at radius 3 is 2.81 bits per heavy atom. The molecule has 0 aromatic carbocycles. The maximum atomic E-state index is 11.5. The number of ether oxygens (including phenoxy) is 1. The van der Waals surface area contributed by atoms with Gasteiger partial charge in [0.15, 0.2) is 0 Å². The predicted molar refractivity (Wildman–Crippen MR) is 53.8 cm³/mol. The van der Waals surface area contributed by atoms with Gasteiger partial charge in [0.2, 0.25) is 5.91 Å². The van der Waals surface area contributed by atoms with Crippen LogP contribution in [0.25, 0.3) is 0 Å².